The first-order chi connectivity index (χ1) is 47.7. The molecular weight excluding hydrogens is 1330 g/mol. The Hall–Kier alpha value is -8.46. The van der Waals surface area contributed by atoms with Crippen molar-refractivity contribution in [1.29, 1.82) is 0 Å². The van der Waals surface area contributed by atoms with Crippen LogP contribution in [0.1, 0.15) is 202 Å². The Labute approximate surface area is 596 Å². The molecule has 1 aromatic rings. The summed E-state index contributed by atoms with van der Waals surface area (Å²) in [6, 6.07) is 1.42. The Kier molecular flexibility index (Phi) is 39.4. The molecule has 574 valence electrons. The van der Waals surface area contributed by atoms with Crippen molar-refractivity contribution in [2.45, 2.75) is 226 Å². The monoisotopic (exact) mass is 1440 g/mol. The fourth-order valence-electron chi connectivity index (χ4n) is 11.8. The van der Waals surface area contributed by atoms with Crippen LogP contribution >= 0.6 is 0 Å². The second kappa shape index (κ2) is 44.8. The predicted molar refractivity (Wildman–Crippen MR) is 374 cm³/mol. The Morgan fingerprint density at radius 2 is 1.23 bits per heavy atom. The van der Waals surface area contributed by atoms with E-state index >= 15 is 0 Å². The maximum atomic E-state index is 14.1. The van der Waals surface area contributed by atoms with Crippen LogP contribution in [0, 0.1) is 28.6 Å². The number of nitrogens with two attached hydrogens (primary N) is 1. The number of carboxylic acid groups (broad SMARTS) is 4. The van der Waals surface area contributed by atoms with Gasteiger partial charge in [0.15, 0.2) is 11.6 Å². The van der Waals surface area contributed by atoms with Gasteiger partial charge in [0.05, 0.1) is 49.4 Å². The van der Waals surface area contributed by atoms with Crippen LogP contribution in [-0.2, 0) is 71.8 Å². The van der Waals surface area contributed by atoms with Crippen LogP contribution < -0.4 is 59.1 Å². The van der Waals surface area contributed by atoms with E-state index < -0.39 is 168 Å². The van der Waals surface area contributed by atoms with Gasteiger partial charge in [0.1, 0.15) is 24.4 Å². The normalized spacial score (nSPS) is 15.7. The number of ether oxygens (including phenoxy) is 2. The number of carboxylic acids is 4. The summed E-state index contributed by atoms with van der Waals surface area (Å²) in [5.41, 5.74) is 4.03. The van der Waals surface area contributed by atoms with Gasteiger partial charge in [0.25, 0.3) is 11.8 Å². The number of Topliss-reactive ketones (excluding diaryl/α,β-unsaturated/α-hetero) is 2. The molecule has 1 aliphatic rings. The molecule has 1 saturated carbocycles. The zero-order valence-corrected chi connectivity index (χ0v) is 60.9. The van der Waals surface area contributed by atoms with Gasteiger partial charge in [-0.3, -0.25) is 72.9 Å². The van der Waals surface area contributed by atoms with E-state index in [-0.39, 0.29) is 69.3 Å². The summed E-state index contributed by atoms with van der Waals surface area (Å²) in [6.07, 6.45) is 2.40. The minimum atomic E-state index is -1.79. The number of carbonyl (C=O) groups is 14. The first kappa shape index (κ1) is 89.6. The van der Waals surface area contributed by atoms with Crippen molar-refractivity contribution in [2.24, 2.45) is 34.3 Å². The molecule has 0 bridgehead atoms. The van der Waals surface area contributed by atoms with E-state index in [4.69, 9.17) is 20.4 Å². The summed E-state index contributed by atoms with van der Waals surface area (Å²) < 4.78 is 11.2. The maximum absolute atomic E-state index is 14.1. The molecule has 0 aliphatic heterocycles. The molecule has 0 aromatic heterocycles. The van der Waals surface area contributed by atoms with Crippen molar-refractivity contribution in [2.75, 3.05) is 57.9 Å². The van der Waals surface area contributed by atoms with Crippen LogP contribution in [0.3, 0.4) is 0 Å². The van der Waals surface area contributed by atoms with Crippen molar-refractivity contribution in [1.82, 2.24) is 48.0 Å². The molecule has 1 aromatic carbocycles. The summed E-state index contributed by atoms with van der Waals surface area (Å²) in [6.45, 7) is 19.0. The second-order valence-corrected chi connectivity index (χ2v) is 28.9. The molecule has 0 heterocycles. The second-order valence-electron chi connectivity index (χ2n) is 28.9. The minimum Gasteiger partial charge on any atom is -0.481 e. The summed E-state index contributed by atoms with van der Waals surface area (Å²) in [5.74, 6) is -12.4. The topological polar surface area (TPSA) is 505 Å². The van der Waals surface area contributed by atoms with Gasteiger partial charge in [0, 0.05) is 75.5 Å². The van der Waals surface area contributed by atoms with Gasteiger partial charge >= 0.3 is 23.9 Å². The van der Waals surface area contributed by atoms with Gasteiger partial charge in [-0.15, -0.1) is 0 Å². The van der Waals surface area contributed by atoms with Crippen LogP contribution in [0.4, 0.5) is 5.69 Å². The molecule has 0 spiro atoms. The number of ketones is 2. The third kappa shape index (κ3) is 36.4. The average molecular weight is 1440 g/mol. The lowest BCUT2D eigenvalue weighted by Gasteiger charge is -2.34. The van der Waals surface area contributed by atoms with E-state index in [0.29, 0.717) is 75.9 Å². The van der Waals surface area contributed by atoms with E-state index in [0.717, 1.165) is 31.1 Å². The maximum Gasteiger partial charge on any atom is 0.326 e. The molecule has 1 fully saturated rings. The third-order valence-corrected chi connectivity index (χ3v) is 17.6. The summed E-state index contributed by atoms with van der Waals surface area (Å²) in [5, 5.41) is 72.2. The highest BCUT2D eigenvalue weighted by atomic mass is 16.5. The van der Waals surface area contributed by atoms with Gasteiger partial charge in [-0.05, 0) is 158 Å². The lowest BCUT2D eigenvalue weighted by atomic mass is 9.71. The molecule has 8 amide bonds. The van der Waals surface area contributed by atoms with Gasteiger partial charge in [-0.25, -0.2) is 10.3 Å². The number of unbranched alkanes of at least 4 members (excludes halogenated alkanes) is 1. The molecule has 17 N–H and O–H groups in total. The van der Waals surface area contributed by atoms with E-state index in [1.165, 1.54) is 19.3 Å². The third-order valence-electron chi connectivity index (χ3n) is 17.6. The van der Waals surface area contributed by atoms with Crippen molar-refractivity contribution >= 4 is 88.4 Å². The van der Waals surface area contributed by atoms with Gasteiger partial charge < -0.3 is 78.2 Å². The van der Waals surface area contributed by atoms with Gasteiger partial charge in [-0.1, -0.05) is 48.0 Å². The van der Waals surface area contributed by atoms with Crippen molar-refractivity contribution in [3.63, 3.8) is 0 Å². The molecule has 2 rings (SSSR count). The standard InChI is InChI=1S/C70H113N11O21/c1-11-43(2)31-33-72-47-21-19-45(20-22-47)62(94)73-32-13-12-14-49(61(71)93)80-69(7,8)53(82)41-102-37-36-101-35-34-75-70(9,10)60(92)48(25-29-57(86)87)77-65(97)51(26-30-58(88)89)78-64(96)50(23-28-55(84)81-100)76-54(83)27-24-52(66(98)99)79-63(95)46-17-15-44(16-18-46)40-74-56(85)38-67(3,4)42-68(5,6)39-59(90)91/h19-23,43-44,46,48-49,51-52,72,75,80,100H,11-18,24-42H2,1-10H3,(H2,71,93)(H,73,94)(H,74,85)(H,76,83)(H,77,97)(H,78,96)(H,79,95)(H,81,84)(H,86,87)(H,88,89)(H,90,91)(H,98,99)/b50-23+. The minimum absolute atomic E-state index is 0.00389. The highest BCUT2D eigenvalue weighted by Crippen LogP contribution is 2.38. The predicted octanol–water partition coefficient (Wildman–Crippen LogP) is 3.37. The lowest BCUT2D eigenvalue weighted by Crippen LogP contribution is -2.59. The molecule has 32 nitrogen and oxygen atoms in total. The largest absolute Gasteiger partial charge is 0.481 e. The van der Waals surface area contributed by atoms with Crippen molar-refractivity contribution in [3.8, 4) is 0 Å². The number of rotatable bonds is 53. The number of anilines is 1. The highest BCUT2D eigenvalue weighted by molar-refractivity contribution is 6.02. The van der Waals surface area contributed by atoms with Crippen LogP contribution in [0.5, 0.6) is 0 Å². The number of hydrogen-bond donors (Lipinski definition) is 16. The van der Waals surface area contributed by atoms with E-state index in [1.807, 2.05) is 39.8 Å². The van der Waals surface area contributed by atoms with Crippen molar-refractivity contribution < 1.29 is 102 Å². The summed E-state index contributed by atoms with van der Waals surface area (Å²) in [4.78, 5) is 179. The highest BCUT2D eigenvalue weighted by Gasteiger charge is 2.38. The first-order valence-electron chi connectivity index (χ1n) is 34.9. The fourth-order valence-corrected chi connectivity index (χ4v) is 11.8. The zero-order chi connectivity index (χ0) is 77.0. The van der Waals surface area contributed by atoms with Crippen LogP contribution in [-0.4, -0.2) is 196 Å². The SMILES string of the molecule is CCC(C)CCNc1ccc(C(=O)NCCCCC(NC(C)(C)C(=O)COCCOCCNC(C)(C)C(=O)C(CCC(=O)O)NC(=O)C(CCC(=O)O)NC(=O)/C(=C\CC(=O)NO)NC(=O)CCC(NC(=O)C2CCC(CNC(=O)CC(C)(C)CC(C)(C)CC(=O)O)CC2)C(=O)O)C(N)=O)cc1. The number of amides is 8. The Morgan fingerprint density at radius 1 is 0.618 bits per heavy atom. The number of benzene rings is 1. The zero-order valence-electron chi connectivity index (χ0n) is 60.9. The molecular formula is C70H113N11O21. The van der Waals surface area contributed by atoms with E-state index in [9.17, 15) is 87.5 Å². The lowest BCUT2D eigenvalue weighted by molar-refractivity contribution is -0.143. The number of aliphatic carboxylic acids is 4. The smallest absolute Gasteiger partial charge is 0.326 e. The fraction of sp³-hybridized carbons (Fsp3) is 0.686. The Balaban J connectivity index is 1.97. The molecule has 5 unspecified atom stereocenters. The molecule has 1 aliphatic carbocycles. The Bertz CT molecular complexity index is 3020. The number of nitrogens with one attached hydrogen (secondary N) is 10. The van der Waals surface area contributed by atoms with Crippen LogP contribution in [0.15, 0.2) is 36.0 Å². The molecule has 0 saturated heterocycles. The Morgan fingerprint density at radius 3 is 1.81 bits per heavy atom. The molecule has 0 radical (unpaired) electrons. The van der Waals surface area contributed by atoms with E-state index in [2.05, 4.69) is 61.7 Å². The molecule has 32 heteroatoms. The summed E-state index contributed by atoms with van der Waals surface area (Å²) >= 11 is 0. The molecule has 102 heavy (non-hydrogen) atoms. The van der Waals surface area contributed by atoms with Gasteiger partial charge in [-0.2, -0.15) is 0 Å². The number of carbonyl (C=O) groups excluding carboxylic acids is 10. The summed E-state index contributed by atoms with van der Waals surface area (Å²) in [7, 11) is 0. The van der Waals surface area contributed by atoms with Crippen molar-refractivity contribution in [3.05, 3.63) is 41.6 Å². The molecule has 5 atom stereocenters. The number of hydrogen-bond acceptors (Lipinski definition) is 20. The quantitative estimate of drug-likeness (QED) is 0.0192. The van der Waals surface area contributed by atoms with E-state index in [1.54, 1.807) is 26.0 Å². The van der Waals surface area contributed by atoms with Crippen LogP contribution in [0.25, 0.3) is 0 Å². The van der Waals surface area contributed by atoms with Crippen LogP contribution in [0.2, 0.25) is 0 Å². The average Bonchev–Trinajstić information content (AvgIpc) is 0.852. The number of hydroxylamine groups is 1. The first-order valence-corrected chi connectivity index (χ1v) is 34.9. The number of primary amides is 1. The van der Waals surface area contributed by atoms with Gasteiger partial charge in [0.2, 0.25) is 35.4 Å².